The minimum absolute atomic E-state index is 0.229. The largest absolute Gasteiger partial charge is 0.460 e. The quantitative estimate of drug-likeness (QED) is 0.678. The molecule has 1 aromatic carbocycles. The van der Waals surface area contributed by atoms with Gasteiger partial charge in [-0.3, -0.25) is 0 Å². The summed E-state index contributed by atoms with van der Waals surface area (Å²) in [4.78, 5) is 24.1. The molecule has 0 unspecified atom stereocenters. The molecular weight excluding hydrogens is 361 g/mol. The first-order valence-electron chi connectivity index (χ1n) is 9.12. The van der Waals surface area contributed by atoms with Gasteiger partial charge in [-0.15, -0.1) is 0 Å². The molecule has 0 bridgehead atoms. The highest BCUT2D eigenvalue weighted by Crippen LogP contribution is 2.35. The zero-order chi connectivity index (χ0) is 20.2. The fraction of sp³-hybridized carbons (Fsp3) is 0.600. The average Bonchev–Trinajstić information content (AvgIpc) is 2.58. The van der Waals surface area contributed by atoms with Crippen molar-refractivity contribution < 1.29 is 32.2 Å². The molecule has 1 aliphatic rings. The smallest absolute Gasteiger partial charge is 0.417 e. The normalized spacial score (nSPS) is 23.1. The fourth-order valence-corrected chi connectivity index (χ4v) is 3.56. The van der Waals surface area contributed by atoms with Gasteiger partial charge < -0.3 is 9.47 Å². The van der Waals surface area contributed by atoms with E-state index in [-0.39, 0.29) is 12.0 Å². The monoisotopic (exact) mass is 386 g/mol. The van der Waals surface area contributed by atoms with Crippen LogP contribution in [0.5, 0.6) is 0 Å². The van der Waals surface area contributed by atoms with Gasteiger partial charge in [-0.1, -0.05) is 39.3 Å². The van der Waals surface area contributed by atoms with Crippen LogP contribution in [0.4, 0.5) is 13.2 Å². The van der Waals surface area contributed by atoms with E-state index < -0.39 is 35.8 Å². The van der Waals surface area contributed by atoms with Crippen LogP contribution >= 0.6 is 0 Å². The zero-order valence-electron chi connectivity index (χ0n) is 15.7. The Kier molecular flexibility index (Phi) is 6.89. The van der Waals surface area contributed by atoms with E-state index in [1.54, 1.807) is 0 Å². The number of ether oxygens (including phenoxy) is 2. The molecule has 0 aliphatic heterocycles. The molecule has 3 atom stereocenters. The Morgan fingerprint density at radius 2 is 1.85 bits per heavy atom. The Morgan fingerprint density at radius 1 is 1.19 bits per heavy atom. The van der Waals surface area contributed by atoms with E-state index in [0.717, 1.165) is 31.4 Å². The van der Waals surface area contributed by atoms with E-state index in [2.05, 4.69) is 20.8 Å². The highest BCUT2D eigenvalue weighted by Gasteiger charge is 2.36. The molecule has 1 fully saturated rings. The third-order valence-electron chi connectivity index (χ3n) is 5.02. The second-order valence-electron chi connectivity index (χ2n) is 7.47. The molecule has 4 nitrogen and oxygen atoms in total. The van der Waals surface area contributed by atoms with E-state index in [9.17, 15) is 22.8 Å². The van der Waals surface area contributed by atoms with Crippen molar-refractivity contribution in [2.24, 2.45) is 17.8 Å². The summed E-state index contributed by atoms with van der Waals surface area (Å²) in [5, 5.41) is 0. The minimum atomic E-state index is -4.68. The highest BCUT2D eigenvalue weighted by atomic mass is 19.4. The number of carbonyl (C=O) groups is 2. The van der Waals surface area contributed by atoms with Crippen LogP contribution in [-0.4, -0.2) is 24.6 Å². The number of esters is 2. The topological polar surface area (TPSA) is 52.6 Å². The van der Waals surface area contributed by atoms with Gasteiger partial charge in [0.15, 0.2) is 6.61 Å². The van der Waals surface area contributed by atoms with E-state index in [1.165, 1.54) is 12.1 Å². The number of hydrogen-bond acceptors (Lipinski definition) is 4. The molecule has 27 heavy (non-hydrogen) atoms. The van der Waals surface area contributed by atoms with E-state index in [1.807, 2.05) is 0 Å². The lowest BCUT2D eigenvalue weighted by atomic mass is 9.75. The van der Waals surface area contributed by atoms with Crippen LogP contribution in [0.1, 0.15) is 56.0 Å². The molecule has 0 radical (unpaired) electrons. The Bertz CT molecular complexity index is 669. The molecule has 7 heteroatoms. The fourth-order valence-electron chi connectivity index (χ4n) is 3.56. The van der Waals surface area contributed by atoms with Crippen LogP contribution in [0.3, 0.4) is 0 Å². The predicted molar refractivity (Wildman–Crippen MR) is 92.9 cm³/mol. The molecule has 0 heterocycles. The lowest BCUT2D eigenvalue weighted by Gasteiger charge is -2.36. The number of rotatable bonds is 5. The summed E-state index contributed by atoms with van der Waals surface area (Å²) in [6, 6.07) is 4.31. The molecule has 0 amide bonds. The van der Waals surface area contributed by atoms with Crippen LogP contribution in [0.2, 0.25) is 0 Å². The maximum Gasteiger partial charge on any atom is 0.417 e. The van der Waals surface area contributed by atoms with Crippen LogP contribution in [0, 0.1) is 17.8 Å². The van der Waals surface area contributed by atoms with E-state index in [0.29, 0.717) is 11.8 Å². The Balaban J connectivity index is 1.96. The van der Waals surface area contributed by atoms with Crippen molar-refractivity contribution in [3.63, 3.8) is 0 Å². The Labute approximate surface area is 157 Å². The number of halogens is 3. The molecular formula is C20H25F3O4. The van der Waals surface area contributed by atoms with Crippen molar-refractivity contribution in [2.75, 3.05) is 6.61 Å². The molecule has 1 aromatic rings. The molecule has 1 saturated carbocycles. The first-order chi connectivity index (χ1) is 12.6. The summed E-state index contributed by atoms with van der Waals surface area (Å²) in [7, 11) is 0. The molecule has 1 aliphatic carbocycles. The highest BCUT2D eigenvalue weighted by molar-refractivity contribution is 5.92. The van der Waals surface area contributed by atoms with Crippen molar-refractivity contribution in [1.29, 1.82) is 0 Å². The van der Waals surface area contributed by atoms with Gasteiger partial charge in [0.05, 0.1) is 11.1 Å². The summed E-state index contributed by atoms with van der Waals surface area (Å²) in [6.07, 6.45) is -2.18. The van der Waals surface area contributed by atoms with Crippen molar-refractivity contribution >= 4 is 11.9 Å². The maximum atomic E-state index is 13.0. The molecule has 0 N–H and O–H groups in total. The lowest BCUT2D eigenvalue weighted by Crippen LogP contribution is -2.36. The number of hydrogen-bond donors (Lipinski definition) is 0. The predicted octanol–water partition coefficient (Wildman–Crippen LogP) is 4.87. The molecule has 0 spiro atoms. The third-order valence-corrected chi connectivity index (χ3v) is 5.02. The summed E-state index contributed by atoms with van der Waals surface area (Å²) < 4.78 is 49.2. The second kappa shape index (κ2) is 8.76. The SMILES string of the molecule is CC(C)[C@H]1CC[C@H](C)C[C@@H]1OC(=O)COC(=O)c1ccccc1C(F)(F)F. The van der Waals surface area contributed by atoms with Crippen molar-refractivity contribution in [3.05, 3.63) is 35.4 Å². The average molecular weight is 386 g/mol. The third kappa shape index (κ3) is 5.71. The summed E-state index contributed by atoms with van der Waals surface area (Å²) >= 11 is 0. The summed E-state index contributed by atoms with van der Waals surface area (Å²) in [5.74, 6) is -0.933. The van der Waals surface area contributed by atoms with Crippen molar-refractivity contribution in [2.45, 2.75) is 52.3 Å². The first-order valence-corrected chi connectivity index (χ1v) is 9.12. The van der Waals surface area contributed by atoms with Crippen LogP contribution in [0.15, 0.2) is 24.3 Å². The maximum absolute atomic E-state index is 13.0. The van der Waals surface area contributed by atoms with Gasteiger partial charge in [0, 0.05) is 0 Å². The molecule has 0 aromatic heterocycles. The number of benzene rings is 1. The van der Waals surface area contributed by atoms with Crippen molar-refractivity contribution in [3.8, 4) is 0 Å². The number of alkyl halides is 3. The van der Waals surface area contributed by atoms with Gasteiger partial charge in [0.25, 0.3) is 0 Å². The van der Waals surface area contributed by atoms with Gasteiger partial charge in [0.1, 0.15) is 6.10 Å². The Hall–Kier alpha value is -2.05. The van der Waals surface area contributed by atoms with E-state index in [4.69, 9.17) is 9.47 Å². The number of carbonyl (C=O) groups excluding carboxylic acids is 2. The van der Waals surface area contributed by atoms with Gasteiger partial charge in [-0.2, -0.15) is 13.2 Å². The van der Waals surface area contributed by atoms with Crippen LogP contribution in [-0.2, 0) is 20.4 Å². The van der Waals surface area contributed by atoms with Gasteiger partial charge in [-0.25, -0.2) is 9.59 Å². The summed E-state index contributed by atoms with van der Waals surface area (Å²) in [5.41, 5.74) is -1.71. The van der Waals surface area contributed by atoms with Crippen LogP contribution < -0.4 is 0 Å². The van der Waals surface area contributed by atoms with Gasteiger partial charge in [0.2, 0.25) is 0 Å². The summed E-state index contributed by atoms with van der Waals surface area (Å²) in [6.45, 7) is 5.51. The Morgan fingerprint density at radius 3 is 2.48 bits per heavy atom. The molecule has 150 valence electrons. The second-order valence-corrected chi connectivity index (χ2v) is 7.47. The lowest BCUT2D eigenvalue weighted by molar-refractivity contribution is -0.159. The standard InChI is InChI=1S/C20H25F3O4/c1-12(2)14-9-8-13(3)10-17(14)27-18(24)11-26-19(25)15-6-4-5-7-16(15)20(21,22)23/h4-7,12-14,17H,8-11H2,1-3H3/t13-,14+,17-/m0/s1. The van der Waals surface area contributed by atoms with Gasteiger partial charge in [-0.05, 0) is 42.7 Å². The van der Waals surface area contributed by atoms with Gasteiger partial charge >= 0.3 is 18.1 Å². The van der Waals surface area contributed by atoms with E-state index >= 15 is 0 Å². The zero-order valence-corrected chi connectivity index (χ0v) is 15.7. The molecule has 2 rings (SSSR count). The van der Waals surface area contributed by atoms with Crippen molar-refractivity contribution in [1.82, 2.24) is 0 Å². The minimum Gasteiger partial charge on any atom is -0.460 e. The molecule has 0 saturated heterocycles. The van der Waals surface area contributed by atoms with Crippen LogP contribution in [0.25, 0.3) is 0 Å². The first kappa shape index (κ1) is 21.3.